The van der Waals surface area contributed by atoms with Crippen molar-refractivity contribution in [2.45, 2.75) is 25.5 Å². The van der Waals surface area contributed by atoms with E-state index in [0.29, 0.717) is 5.56 Å². The third-order valence-corrected chi connectivity index (χ3v) is 3.29. The molecule has 0 aliphatic carbocycles. The van der Waals surface area contributed by atoms with E-state index in [1.165, 1.54) is 0 Å². The standard InChI is InChI=1S/C12H13NO2/c1-12-7-4-8-13(12)11(14)9-5-2-3-6-10(9)15-12/h2-3,5-6H,4,7-8H2,1H3. The zero-order valence-electron chi connectivity index (χ0n) is 8.69. The summed E-state index contributed by atoms with van der Waals surface area (Å²) in [4.78, 5) is 14.0. The van der Waals surface area contributed by atoms with Crippen molar-refractivity contribution in [3.63, 3.8) is 0 Å². The summed E-state index contributed by atoms with van der Waals surface area (Å²) in [5.41, 5.74) is 0.280. The fraction of sp³-hybridized carbons (Fsp3) is 0.417. The highest BCUT2D eigenvalue weighted by molar-refractivity contribution is 5.98. The third kappa shape index (κ3) is 1.09. The average molecular weight is 203 g/mol. The van der Waals surface area contributed by atoms with Gasteiger partial charge in [-0.05, 0) is 25.5 Å². The SMILES string of the molecule is CC12CCCN1C(=O)c1ccccc1O2. The van der Waals surface area contributed by atoms with Crippen LogP contribution in [0.25, 0.3) is 0 Å². The van der Waals surface area contributed by atoms with Gasteiger partial charge in [-0.3, -0.25) is 4.79 Å². The highest BCUT2D eigenvalue weighted by Crippen LogP contribution is 2.39. The molecule has 1 saturated heterocycles. The Morgan fingerprint density at radius 2 is 2.20 bits per heavy atom. The molecule has 1 fully saturated rings. The van der Waals surface area contributed by atoms with Crippen LogP contribution in [-0.4, -0.2) is 23.1 Å². The minimum absolute atomic E-state index is 0.108. The quantitative estimate of drug-likeness (QED) is 0.645. The monoisotopic (exact) mass is 203 g/mol. The summed E-state index contributed by atoms with van der Waals surface area (Å²) in [6.45, 7) is 2.80. The highest BCUT2D eigenvalue weighted by atomic mass is 16.5. The van der Waals surface area contributed by atoms with Crippen molar-refractivity contribution in [2.24, 2.45) is 0 Å². The topological polar surface area (TPSA) is 29.5 Å². The molecule has 2 aliphatic rings. The Morgan fingerprint density at radius 1 is 1.40 bits per heavy atom. The Morgan fingerprint density at radius 3 is 3.07 bits per heavy atom. The second kappa shape index (κ2) is 2.75. The molecule has 0 saturated carbocycles. The molecule has 3 rings (SSSR count). The van der Waals surface area contributed by atoms with Crippen LogP contribution in [0.4, 0.5) is 0 Å². The summed E-state index contributed by atoms with van der Waals surface area (Å²) in [6, 6.07) is 7.47. The molecule has 1 atom stereocenters. The van der Waals surface area contributed by atoms with E-state index < -0.39 is 5.72 Å². The van der Waals surface area contributed by atoms with E-state index in [9.17, 15) is 4.79 Å². The first-order valence-corrected chi connectivity index (χ1v) is 5.31. The molecule has 0 N–H and O–H groups in total. The maximum atomic E-state index is 12.1. The molecule has 0 aromatic heterocycles. The van der Waals surface area contributed by atoms with Gasteiger partial charge in [-0.2, -0.15) is 0 Å². The summed E-state index contributed by atoms with van der Waals surface area (Å²) in [7, 11) is 0. The molecular formula is C12H13NO2. The van der Waals surface area contributed by atoms with Crippen LogP contribution in [0.15, 0.2) is 24.3 Å². The molecule has 1 unspecified atom stereocenters. The molecule has 1 amide bonds. The first-order chi connectivity index (χ1) is 7.21. The van der Waals surface area contributed by atoms with Crippen LogP contribution in [0.5, 0.6) is 5.75 Å². The fourth-order valence-corrected chi connectivity index (χ4v) is 2.47. The fourth-order valence-electron chi connectivity index (χ4n) is 2.47. The van der Waals surface area contributed by atoms with E-state index in [-0.39, 0.29) is 5.91 Å². The van der Waals surface area contributed by atoms with Gasteiger partial charge in [0, 0.05) is 13.0 Å². The average Bonchev–Trinajstić information content (AvgIpc) is 2.60. The first-order valence-electron chi connectivity index (χ1n) is 5.31. The number of hydrogen-bond donors (Lipinski definition) is 0. The van der Waals surface area contributed by atoms with Gasteiger partial charge in [0.05, 0.1) is 5.56 Å². The van der Waals surface area contributed by atoms with Gasteiger partial charge in [0.15, 0.2) is 5.72 Å². The molecule has 3 heteroatoms. The number of fused-ring (bicyclic) bond motifs is 2. The lowest BCUT2D eigenvalue weighted by atomic mass is 10.1. The predicted octanol–water partition coefficient (Wildman–Crippen LogP) is 2.03. The number of carbonyl (C=O) groups excluding carboxylic acids is 1. The summed E-state index contributed by atoms with van der Waals surface area (Å²) in [6.07, 6.45) is 1.95. The van der Waals surface area contributed by atoms with E-state index in [1.54, 1.807) is 0 Å². The predicted molar refractivity (Wildman–Crippen MR) is 55.7 cm³/mol. The minimum atomic E-state index is -0.411. The van der Waals surface area contributed by atoms with Gasteiger partial charge in [0.2, 0.25) is 0 Å². The largest absolute Gasteiger partial charge is 0.467 e. The van der Waals surface area contributed by atoms with Crippen molar-refractivity contribution in [1.29, 1.82) is 0 Å². The smallest absolute Gasteiger partial charge is 0.260 e. The van der Waals surface area contributed by atoms with Gasteiger partial charge in [-0.1, -0.05) is 12.1 Å². The molecule has 2 aliphatic heterocycles. The van der Waals surface area contributed by atoms with E-state index in [4.69, 9.17) is 4.74 Å². The molecule has 15 heavy (non-hydrogen) atoms. The van der Waals surface area contributed by atoms with Crippen LogP contribution >= 0.6 is 0 Å². The van der Waals surface area contributed by atoms with Gasteiger partial charge < -0.3 is 9.64 Å². The number of ether oxygens (including phenoxy) is 1. The summed E-state index contributed by atoms with van der Waals surface area (Å²) >= 11 is 0. The third-order valence-electron chi connectivity index (χ3n) is 3.29. The maximum Gasteiger partial charge on any atom is 0.260 e. The summed E-state index contributed by atoms with van der Waals surface area (Å²) < 4.78 is 5.92. The Hall–Kier alpha value is -1.51. The summed E-state index contributed by atoms with van der Waals surface area (Å²) in [5.74, 6) is 0.833. The van der Waals surface area contributed by atoms with Crippen molar-refractivity contribution in [1.82, 2.24) is 4.90 Å². The van der Waals surface area contributed by atoms with Crippen molar-refractivity contribution in [2.75, 3.05) is 6.54 Å². The molecule has 78 valence electrons. The van der Waals surface area contributed by atoms with E-state index in [1.807, 2.05) is 36.1 Å². The van der Waals surface area contributed by atoms with E-state index in [0.717, 1.165) is 25.1 Å². The van der Waals surface area contributed by atoms with Crippen LogP contribution in [0.1, 0.15) is 30.1 Å². The second-order valence-electron chi connectivity index (χ2n) is 4.33. The van der Waals surface area contributed by atoms with Crippen LogP contribution in [0, 0.1) is 0 Å². The Labute approximate surface area is 88.6 Å². The van der Waals surface area contributed by atoms with Gasteiger partial charge in [-0.25, -0.2) is 0 Å². The zero-order valence-corrected chi connectivity index (χ0v) is 8.69. The van der Waals surface area contributed by atoms with E-state index >= 15 is 0 Å². The number of para-hydroxylation sites is 1. The van der Waals surface area contributed by atoms with Crippen LogP contribution < -0.4 is 4.74 Å². The van der Waals surface area contributed by atoms with Crippen molar-refractivity contribution in [3.8, 4) is 5.75 Å². The van der Waals surface area contributed by atoms with E-state index in [2.05, 4.69) is 0 Å². The number of carbonyl (C=O) groups is 1. The molecule has 3 nitrogen and oxygen atoms in total. The molecule has 1 aromatic rings. The lowest BCUT2D eigenvalue weighted by Gasteiger charge is -2.40. The van der Waals surface area contributed by atoms with Crippen LogP contribution in [0.2, 0.25) is 0 Å². The Bertz CT molecular complexity index is 429. The highest BCUT2D eigenvalue weighted by Gasteiger charge is 2.46. The Kier molecular flexibility index (Phi) is 1.61. The lowest BCUT2D eigenvalue weighted by molar-refractivity contribution is -0.0373. The van der Waals surface area contributed by atoms with Crippen molar-refractivity contribution in [3.05, 3.63) is 29.8 Å². The normalized spacial score (nSPS) is 28.3. The second-order valence-corrected chi connectivity index (χ2v) is 4.33. The van der Waals surface area contributed by atoms with Gasteiger partial charge in [-0.15, -0.1) is 0 Å². The molecule has 0 spiro atoms. The molecule has 2 heterocycles. The lowest BCUT2D eigenvalue weighted by Crippen LogP contribution is -2.52. The van der Waals surface area contributed by atoms with Crippen LogP contribution in [-0.2, 0) is 0 Å². The van der Waals surface area contributed by atoms with Crippen molar-refractivity contribution < 1.29 is 9.53 Å². The van der Waals surface area contributed by atoms with Crippen molar-refractivity contribution >= 4 is 5.91 Å². The molecule has 1 aromatic carbocycles. The Balaban J connectivity index is 2.13. The maximum absolute atomic E-state index is 12.1. The molecule has 0 radical (unpaired) electrons. The summed E-state index contributed by atoms with van der Waals surface area (Å²) in [5, 5.41) is 0. The molecule has 0 bridgehead atoms. The zero-order chi connectivity index (χ0) is 10.5. The number of hydrogen-bond acceptors (Lipinski definition) is 2. The number of rotatable bonds is 0. The van der Waals surface area contributed by atoms with Gasteiger partial charge in [0.25, 0.3) is 5.91 Å². The van der Waals surface area contributed by atoms with Crippen LogP contribution in [0.3, 0.4) is 0 Å². The van der Waals surface area contributed by atoms with Gasteiger partial charge >= 0.3 is 0 Å². The number of benzene rings is 1. The molecular weight excluding hydrogens is 190 g/mol. The number of amides is 1. The first kappa shape index (κ1) is 8.77. The minimum Gasteiger partial charge on any atom is -0.467 e. The number of nitrogens with zero attached hydrogens (tertiary/aromatic N) is 1. The van der Waals surface area contributed by atoms with Gasteiger partial charge in [0.1, 0.15) is 5.75 Å².